The van der Waals surface area contributed by atoms with Gasteiger partial charge in [0.05, 0.1) is 0 Å². The molecule has 1 aromatic carbocycles. The van der Waals surface area contributed by atoms with Crippen LogP contribution in [0.25, 0.3) is 0 Å². The van der Waals surface area contributed by atoms with Crippen LogP contribution >= 0.6 is 0 Å². The lowest BCUT2D eigenvalue weighted by molar-refractivity contribution is -0.123. The van der Waals surface area contributed by atoms with E-state index in [1.165, 1.54) is 0 Å². The van der Waals surface area contributed by atoms with Crippen molar-refractivity contribution < 1.29 is 14.7 Å². The lowest BCUT2D eigenvalue weighted by atomic mass is 10.0. The van der Waals surface area contributed by atoms with Crippen LogP contribution in [-0.4, -0.2) is 36.1 Å². The summed E-state index contributed by atoms with van der Waals surface area (Å²) >= 11 is 0. The van der Waals surface area contributed by atoms with Crippen LogP contribution in [0.5, 0.6) is 0 Å². The number of nitrogens with one attached hydrogen (secondary N) is 2. The SMILES string of the molecule is Cc1ccccc1C(=O)NC(CC(C)C)C(=O)NCCCO. The summed E-state index contributed by atoms with van der Waals surface area (Å²) in [5, 5.41) is 14.3. The molecule has 0 aliphatic carbocycles. The highest BCUT2D eigenvalue weighted by molar-refractivity contribution is 5.98. The van der Waals surface area contributed by atoms with E-state index >= 15 is 0 Å². The van der Waals surface area contributed by atoms with Gasteiger partial charge in [0, 0.05) is 18.7 Å². The fraction of sp³-hybridized carbons (Fsp3) is 0.529. The number of aliphatic hydroxyl groups excluding tert-OH is 1. The van der Waals surface area contributed by atoms with Crippen molar-refractivity contribution in [2.45, 2.75) is 39.7 Å². The third-order valence-electron chi connectivity index (χ3n) is 3.35. The number of carbonyl (C=O) groups excluding carboxylic acids is 2. The molecule has 1 atom stereocenters. The standard InChI is InChI=1S/C17H26N2O3/c1-12(2)11-15(17(22)18-9-6-10-20)19-16(21)14-8-5-4-7-13(14)3/h4-5,7-8,12,15,20H,6,9-11H2,1-3H3,(H,18,22)(H,19,21). The zero-order valence-corrected chi connectivity index (χ0v) is 13.6. The number of benzene rings is 1. The van der Waals surface area contributed by atoms with E-state index in [0.29, 0.717) is 24.9 Å². The first kappa shape index (κ1) is 18.2. The van der Waals surface area contributed by atoms with Crippen LogP contribution in [0.15, 0.2) is 24.3 Å². The third-order valence-corrected chi connectivity index (χ3v) is 3.35. The molecular formula is C17H26N2O3. The van der Waals surface area contributed by atoms with E-state index in [4.69, 9.17) is 5.11 Å². The Morgan fingerprint density at radius 2 is 1.91 bits per heavy atom. The number of hydrogen-bond donors (Lipinski definition) is 3. The molecule has 2 amide bonds. The average Bonchev–Trinajstić information content (AvgIpc) is 2.46. The molecule has 0 heterocycles. The van der Waals surface area contributed by atoms with E-state index in [9.17, 15) is 9.59 Å². The zero-order valence-electron chi connectivity index (χ0n) is 13.6. The Morgan fingerprint density at radius 3 is 2.50 bits per heavy atom. The second kappa shape index (κ2) is 9.20. The minimum Gasteiger partial charge on any atom is -0.396 e. The van der Waals surface area contributed by atoms with Crippen molar-refractivity contribution in [2.24, 2.45) is 5.92 Å². The maximum atomic E-state index is 12.4. The van der Waals surface area contributed by atoms with Crippen molar-refractivity contribution in [3.8, 4) is 0 Å². The Morgan fingerprint density at radius 1 is 1.23 bits per heavy atom. The van der Waals surface area contributed by atoms with Crippen molar-refractivity contribution in [2.75, 3.05) is 13.2 Å². The van der Waals surface area contributed by atoms with Crippen molar-refractivity contribution in [1.82, 2.24) is 10.6 Å². The molecule has 122 valence electrons. The van der Waals surface area contributed by atoms with Crippen molar-refractivity contribution in [3.63, 3.8) is 0 Å². The smallest absolute Gasteiger partial charge is 0.252 e. The Hall–Kier alpha value is -1.88. The monoisotopic (exact) mass is 306 g/mol. The first-order valence-corrected chi connectivity index (χ1v) is 7.70. The maximum Gasteiger partial charge on any atom is 0.252 e. The van der Waals surface area contributed by atoms with Gasteiger partial charge >= 0.3 is 0 Å². The van der Waals surface area contributed by atoms with Gasteiger partial charge in [0.2, 0.25) is 5.91 Å². The van der Waals surface area contributed by atoms with E-state index in [-0.39, 0.29) is 24.3 Å². The van der Waals surface area contributed by atoms with Crippen molar-refractivity contribution in [3.05, 3.63) is 35.4 Å². The highest BCUT2D eigenvalue weighted by Crippen LogP contribution is 2.10. The summed E-state index contributed by atoms with van der Waals surface area (Å²) in [6, 6.07) is 6.74. The molecule has 0 aliphatic rings. The second-order valence-corrected chi connectivity index (χ2v) is 5.84. The van der Waals surface area contributed by atoms with Gasteiger partial charge in [-0.3, -0.25) is 9.59 Å². The van der Waals surface area contributed by atoms with Crippen molar-refractivity contribution in [1.29, 1.82) is 0 Å². The fourth-order valence-electron chi connectivity index (χ4n) is 2.18. The molecule has 1 aromatic rings. The topological polar surface area (TPSA) is 78.4 Å². The molecule has 0 spiro atoms. The Kier molecular flexibility index (Phi) is 7.60. The molecule has 0 aliphatic heterocycles. The minimum absolute atomic E-state index is 0.0324. The molecule has 0 saturated heterocycles. The normalized spacial score (nSPS) is 12.0. The number of aliphatic hydroxyl groups is 1. The molecule has 0 fully saturated rings. The first-order chi connectivity index (χ1) is 10.5. The lowest BCUT2D eigenvalue weighted by Gasteiger charge is -2.20. The third kappa shape index (κ3) is 5.85. The van der Waals surface area contributed by atoms with E-state index in [0.717, 1.165) is 5.56 Å². The Balaban J connectivity index is 2.74. The van der Waals surface area contributed by atoms with E-state index < -0.39 is 6.04 Å². The zero-order chi connectivity index (χ0) is 16.5. The van der Waals surface area contributed by atoms with E-state index in [1.807, 2.05) is 32.9 Å². The van der Waals surface area contributed by atoms with Crippen LogP contribution in [0.4, 0.5) is 0 Å². The highest BCUT2D eigenvalue weighted by atomic mass is 16.3. The number of amides is 2. The second-order valence-electron chi connectivity index (χ2n) is 5.84. The van der Waals surface area contributed by atoms with Gasteiger partial charge in [0.15, 0.2) is 0 Å². The van der Waals surface area contributed by atoms with Crippen LogP contribution < -0.4 is 10.6 Å². The molecule has 0 bridgehead atoms. The van der Waals surface area contributed by atoms with Crippen LogP contribution in [0, 0.1) is 12.8 Å². The number of aryl methyl sites for hydroxylation is 1. The summed E-state index contributed by atoms with van der Waals surface area (Å²) in [6.07, 6.45) is 1.08. The van der Waals surface area contributed by atoms with Gasteiger partial charge in [-0.05, 0) is 37.3 Å². The van der Waals surface area contributed by atoms with Gasteiger partial charge in [0.1, 0.15) is 6.04 Å². The van der Waals surface area contributed by atoms with Crippen LogP contribution in [0.3, 0.4) is 0 Å². The molecule has 0 saturated carbocycles. The highest BCUT2D eigenvalue weighted by Gasteiger charge is 2.22. The fourth-order valence-corrected chi connectivity index (χ4v) is 2.18. The summed E-state index contributed by atoms with van der Waals surface area (Å²) in [6.45, 7) is 6.32. The largest absolute Gasteiger partial charge is 0.396 e. The molecular weight excluding hydrogens is 280 g/mol. The number of carbonyl (C=O) groups is 2. The summed E-state index contributed by atoms with van der Waals surface area (Å²) in [7, 11) is 0. The number of hydrogen-bond acceptors (Lipinski definition) is 3. The van der Waals surface area contributed by atoms with Crippen LogP contribution in [-0.2, 0) is 4.79 Å². The Bertz CT molecular complexity index is 500. The molecule has 0 radical (unpaired) electrons. The summed E-state index contributed by atoms with van der Waals surface area (Å²) in [5.74, 6) is -0.157. The van der Waals surface area contributed by atoms with E-state index in [2.05, 4.69) is 10.6 Å². The Labute approximate surface area is 132 Å². The maximum absolute atomic E-state index is 12.4. The molecule has 5 heteroatoms. The van der Waals surface area contributed by atoms with Gasteiger partial charge < -0.3 is 15.7 Å². The van der Waals surface area contributed by atoms with Crippen molar-refractivity contribution >= 4 is 11.8 Å². The number of rotatable bonds is 8. The predicted octanol–water partition coefficient (Wildman–Crippen LogP) is 1.64. The van der Waals surface area contributed by atoms with Gasteiger partial charge in [-0.15, -0.1) is 0 Å². The summed E-state index contributed by atoms with van der Waals surface area (Å²) in [5.41, 5.74) is 1.46. The molecule has 3 N–H and O–H groups in total. The molecule has 0 aromatic heterocycles. The molecule has 5 nitrogen and oxygen atoms in total. The molecule has 1 rings (SSSR count). The average molecular weight is 306 g/mol. The molecule has 1 unspecified atom stereocenters. The van der Waals surface area contributed by atoms with Crippen LogP contribution in [0.1, 0.15) is 42.6 Å². The first-order valence-electron chi connectivity index (χ1n) is 7.70. The minimum atomic E-state index is -0.564. The summed E-state index contributed by atoms with van der Waals surface area (Å²) < 4.78 is 0. The quantitative estimate of drug-likeness (QED) is 0.639. The van der Waals surface area contributed by atoms with Gasteiger partial charge in [0.25, 0.3) is 5.91 Å². The van der Waals surface area contributed by atoms with Gasteiger partial charge in [-0.25, -0.2) is 0 Å². The predicted molar refractivity (Wildman–Crippen MR) is 86.6 cm³/mol. The van der Waals surface area contributed by atoms with E-state index in [1.54, 1.807) is 12.1 Å². The lowest BCUT2D eigenvalue weighted by Crippen LogP contribution is -2.47. The summed E-state index contributed by atoms with van der Waals surface area (Å²) in [4.78, 5) is 24.6. The van der Waals surface area contributed by atoms with Gasteiger partial charge in [-0.2, -0.15) is 0 Å². The van der Waals surface area contributed by atoms with Crippen LogP contribution in [0.2, 0.25) is 0 Å². The van der Waals surface area contributed by atoms with Gasteiger partial charge in [-0.1, -0.05) is 32.0 Å². The molecule has 22 heavy (non-hydrogen) atoms.